The third kappa shape index (κ3) is 7.80. The molecule has 1 N–H and O–H groups in total. The van der Waals surface area contributed by atoms with Crippen molar-refractivity contribution < 1.29 is 27.5 Å². The van der Waals surface area contributed by atoms with E-state index in [9.17, 15) is 18.0 Å². The summed E-state index contributed by atoms with van der Waals surface area (Å²) in [6, 6.07) is 17.3. The Bertz CT molecular complexity index is 1520. The highest BCUT2D eigenvalue weighted by Gasteiger charge is 2.33. The molecule has 0 heterocycles. The molecule has 0 bridgehead atoms. The summed E-state index contributed by atoms with van der Waals surface area (Å²) in [7, 11) is -1.42. The first-order valence-corrected chi connectivity index (χ1v) is 16.0. The van der Waals surface area contributed by atoms with Crippen LogP contribution in [0.3, 0.4) is 0 Å². The second-order valence-corrected chi connectivity index (χ2v) is 13.0. The summed E-state index contributed by atoms with van der Waals surface area (Å²) in [5, 5.41) is 3.49. The predicted molar refractivity (Wildman–Crippen MR) is 167 cm³/mol. The maximum absolute atomic E-state index is 14.1. The number of aryl methyl sites for hydroxylation is 1. The Hall–Kier alpha value is -3.76. The number of carbonyl (C=O) groups is 2. The number of rotatable bonds is 12. The number of hydrogen-bond acceptors (Lipinski definition) is 6. The van der Waals surface area contributed by atoms with E-state index in [1.165, 1.54) is 49.5 Å². The van der Waals surface area contributed by atoms with Gasteiger partial charge in [0.05, 0.1) is 24.8 Å². The molecule has 1 atom stereocenters. The van der Waals surface area contributed by atoms with Crippen LogP contribution in [0.4, 0.5) is 5.69 Å². The molecule has 0 spiro atoms. The van der Waals surface area contributed by atoms with Gasteiger partial charge in [-0.25, -0.2) is 8.42 Å². The molecule has 11 heteroatoms. The lowest BCUT2D eigenvalue weighted by atomic mass is 10.1. The molecule has 4 rings (SSSR count). The second-order valence-electron chi connectivity index (χ2n) is 10.7. The van der Waals surface area contributed by atoms with Crippen molar-refractivity contribution in [2.75, 3.05) is 25.1 Å². The van der Waals surface area contributed by atoms with Gasteiger partial charge >= 0.3 is 0 Å². The minimum Gasteiger partial charge on any atom is -0.493 e. The van der Waals surface area contributed by atoms with Gasteiger partial charge in [0.2, 0.25) is 11.8 Å². The fraction of sp³-hybridized carbons (Fsp3) is 0.375. The van der Waals surface area contributed by atoms with Crippen LogP contribution in [0, 0.1) is 6.92 Å². The molecule has 9 nitrogen and oxygen atoms in total. The van der Waals surface area contributed by atoms with Crippen LogP contribution in [0.15, 0.2) is 71.6 Å². The van der Waals surface area contributed by atoms with E-state index in [2.05, 4.69) is 5.32 Å². The topological polar surface area (TPSA) is 105 Å². The smallest absolute Gasteiger partial charge is 0.264 e. The number of benzene rings is 3. The minimum atomic E-state index is -4.29. The van der Waals surface area contributed by atoms with Crippen LogP contribution in [-0.4, -0.2) is 58.0 Å². The zero-order chi connectivity index (χ0) is 31.1. The van der Waals surface area contributed by atoms with Crippen LogP contribution in [0.5, 0.6) is 11.5 Å². The van der Waals surface area contributed by atoms with Gasteiger partial charge in [0.25, 0.3) is 10.0 Å². The summed E-state index contributed by atoms with van der Waals surface area (Å²) >= 11 is 6.11. The molecule has 0 radical (unpaired) electrons. The van der Waals surface area contributed by atoms with Gasteiger partial charge in [0.1, 0.15) is 12.6 Å². The van der Waals surface area contributed by atoms with E-state index < -0.39 is 28.5 Å². The lowest BCUT2D eigenvalue weighted by Crippen LogP contribution is -2.52. The Kier molecular flexibility index (Phi) is 10.6. The van der Waals surface area contributed by atoms with Crippen LogP contribution in [-0.2, 0) is 26.2 Å². The van der Waals surface area contributed by atoms with Crippen molar-refractivity contribution >= 4 is 39.1 Å². The second kappa shape index (κ2) is 14.1. The summed E-state index contributed by atoms with van der Waals surface area (Å²) in [6.45, 7) is 3.22. The molecular formula is C32H38ClN3O6S. The van der Waals surface area contributed by atoms with E-state index >= 15 is 0 Å². The number of hydrogen-bond donors (Lipinski definition) is 1. The molecule has 43 heavy (non-hydrogen) atoms. The summed E-state index contributed by atoms with van der Waals surface area (Å²) in [5.41, 5.74) is 2.12. The van der Waals surface area contributed by atoms with E-state index in [4.69, 9.17) is 21.1 Å². The number of nitrogens with zero attached hydrogens (tertiary/aromatic N) is 2. The summed E-state index contributed by atoms with van der Waals surface area (Å²) < 4.78 is 39.9. The molecule has 0 aromatic heterocycles. The number of methoxy groups -OCH3 is 2. The fourth-order valence-corrected chi connectivity index (χ4v) is 6.66. The van der Waals surface area contributed by atoms with Crippen LogP contribution >= 0.6 is 11.6 Å². The van der Waals surface area contributed by atoms with Crippen molar-refractivity contribution in [1.82, 2.24) is 10.2 Å². The van der Waals surface area contributed by atoms with E-state index in [1.54, 1.807) is 19.1 Å². The van der Waals surface area contributed by atoms with E-state index in [0.29, 0.717) is 10.8 Å². The molecule has 3 aromatic carbocycles. The number of amides is 2. The number of carbonyl (C=O) groups excluding carboxylic acids is 2. The summed E-state index contributed by atoms with van der Waals surface area (Å²) in [5.74, 6) is -0.215. The molecule has 3 aromatic rings. The predicted octanol–water partition coefficient (Wildman–Crippen LogP) is 5.34. The third-order valence-corrected chi connectivity index (χ3v) is 9.70. The van der Waals surface area contributed by atoms with Crippen LogP contribution in [0.2, 0.25) is 5.02 Å². The molecule has 2 amide bonds. The van der Waals surface area contributed by atoms with Crippen LogP contribution in [0.1, 0.15) is 43.7 Å². The van der Waals surface area contributed by atoms with Crippen molar-refractivity contribution in [1.29, 1.82) is 0 Å². The van der Waals surface area contributed by atoms with E-state index in [-0.39, 0.29) is 34.8 Å². The zero-order valence-corrected chi connectivity index (χ0v) is 26.5. The first-order chi connectivity index (χ1) is 20.5. The van der Waals surface area contributed by atoms with Crippen molar-refractivity contribution in [3.05, 3.63) is 82.9 Å². The Morgan fingerprint density at radius 2 is 1.58 bits per heavy atom. The zero-order valence-electron chi connectivity index (χ0n) is 24.9. The van der Waals surface area contributed by atoms with Crippen molar-refractivity contribution in [3.63, 3.8) is 0 Å². The number of anilines is 1. The van der Waals surface area contributed by atoms with Gasteiger partial charge in [-0.1, -0.05) is 54.3 Å². The molecular weight excluding hydrogens is 590 g/mol. The quantitative estimate of drug-likeness (QED) is 0.291. The largest absolute Gasteiger partial charge is 0.493 e. The molecule has 230 valence electrons. The average Bonchev–Trinajstić information content (AvgIpc) is 3.52. The van der Waals surface area contributed by atoms with Crippen LogP contribution < -0.4 is 19.1 Å². The van der Waals surface area contributed by atoms with Gasteiger partial charge in [-0.15, -0.1) is 0 Å². The van der Waals surface area contributed by atoms with Gasteiger partial charge in [0, 0.05) is 23.7 Å². The molecule has 1 saturated carbocycles. The number of halogens is 1. The lowest BCUT2D eigenvalue weighted by molar-refractivity contribution is -0.139. The molecule has 0 saturated heterocycles. The molecule has 1 aliphatic carbocycles. The van der Waals surface area contributed by atoms with Crippen molar-refractivity contribution in [2.24, 2.45) is 0 Å². The fourth-order valence-electron chi connectivity index (χ4n) is 5.11. The molecule has 1 unspecified atom stereocenters. The van der Waals surface area contributed by atoms with Crippen molar-refractivity contribution in [2.45, 2.75) is 63.1 Å². The number of sulfonamides is 1. The standard InChI is InChI=1S/C32H38ClN3O6S/c1-22-9-11-24(12-10-22)20-35(23(2)32(38)34-26-7-5-6-8-26)31(37)21-36(27-15-13-25(33)14-16-27)43(39,40)28-17-18-29(41-3)30(19-28)42-4/h9-19,23,26H,5-8,20-21H2,1-4H3,(H,34,38). The van der Waals surface area contributed by atoms with Gasteiger partial charge in [-0.05, 0) is 68.7 Å². The number of ether oxygens (including phenoxy) is 2. The SMILES string of the molecule is COc1ccc(S(=O)(=O)N(CC(=O)N(Cc2ccc(C)cc2)C(C)C(=O)NC2CCCC2)c2ccc(Cl)cc2)cc1OC. The minimum absolute atomic E-state index is 0.0715. The first kappa shape index (κ1) is 32.2. The highest BCUT2D eigenvalue weighted by atomic mass is 35.5. The highest BCUT2D eigenvalue weighted by molar-refractivity contribution is 7.92. The van der Waals surface area contributed by atoms with Gasteiger partial charge in [-0.3, -0.25) is 13.9 Å². The maximum Gasteiger partial charge on any atom is 0.264 e. The summed E-state index contributed by atoms with van der Waals surface area (Å²) in [6.07, 6.45) is 3.90. The molecule has 1 fully saturated rings. The monoisotopic (exact) mass is 627 g/mol. The maximum atomic E-state index is 14.1. The van der Waals surface area contributed by atoms with E-state index in [1.807, 2.05) is 31.2 Å². The van der Waals surface area contributed by atoms with E-state index in [0.717, 1.165) is 41.1 Å². The molecule has 1 aliphatic rings. The molecule has 0 aliphatic heterocycles. The Morgan fingerprint density at radius 3 is 2.19 bits per heavy atom. The Morgan fingerprint density at radius 1 is 0.953 bits per heavy atom. The number of nitrogens with one attached hydrogen (secondary N) is 1. The Balaban J connectivity index is 1.71. The first-order valence-electron chi connectivity index (χ1n) is 14.2. The van der Waals surface area contributed by atoms with Crippen LogP contribution in [0.25, 0.3) is 0 Å². The lowest BCUT2D eigenvalue weighted by Gasteiger charge is -2.32. The summed E-state index contributed by atoms with van der Waals surface area (Å²) in [4.78, 5) is 28.8. The van der Waals surface area contributed by atoms with Gasteiger partial charge in [0.15, 0.2) is 11.5 Å². The third-order valence-electron chi connectivity index (χ3n) is 7.68. The average molecular weight is 628 g/mol. The van der Waals surface area contributed by atoms with Crippen molar-refractivity contribution in [3.8, 4) is 11.5 Å². The van der Waals surface area contributed by atoms with Gasteiger partial charge < -0.3 is 19.7 Å². The van der Waals surface area contributed by atoms with Gasteiger partial charge in [-0.2, -0.15) is 0 Å². The normalized spacial score (nSPS) is 14.2. The Labute approximate surface area is 258 Å². The highest BCUT2D eigenvalue weighted by Crippen LogP contribution is 2.33.